The summed E-state index contributed by atoms with van der Waals surface area (Å²) < 4.78 is 0. The first-order chi connectivity index (χ1) is 23.2. The van der Waals surface area contributed by atoms with Crippen molar-refractivity contribution >= 4 is 17.4 Å². The standard InChI is InChI=1S/3C15H31O.Al/c3*1-4-6-8-10-12-15(14(3)16)13-11-9-7-5-2;/h3*14-15H,4-13H2,1-3H3;/q3*-1;+3. The van der Waals surface area contributed by atoms with Gasteiger partial charge in [0, 0.05) is 0 Å². The largest absolute Gasteiger partial charge is 3.00 e. The summed E-state index contributed by atoms with van der Waals surface area (Å²) in [7, 11) is 0. The minimum atomic E-state index is -0.358. The van der Waals surface area contributed by atoms with Gasteiger partial charge >= 0.3 is 17.4 Å². The van der Waals surface area contributed by atoms with Crippen LogP contribution in [0.2, 0.25) is 0 Å². The summed E-state index contributed by atoms with van der Waals surface area (Å²) in [6.07, 6.45) is 37.1. The minimum Gasteiger partial charge on any atom is -0.852 e. The van der Waals surface area contributed by atoms with E-state index in [2.05, 4.69) is 41.5 Å². The van der Waals surface area contributed by atoms with Crippen LogP contribution in [0.3, 0.4) is 0 Å². The molecule has 3 unspecified atom stereocenters. The van der Waals surface area contributed by atoms with Crippen LogP contribution in [0.4, 0.5) is 0 Å². The molecule has 0 aliphatic rings. The summed E-state index contributed by atoms with van der Waals surface area (Å²) in [5.74, 6) is 1.32. The zero-order chi connectivity index (χ0) is 36.7. The van der Waals surface area contributed by atoms with E-state index < -0.39 is 0 Å². The molecular weight excluding hydrogens is 615 g/mol. The Kier molecular flexibility index (Phi) is 53.2. The predicted molar refractivity (Wildman–Crippen MR) is 217 cm³/mol. The zero-order valence-corrected chi connectivity index (χ0v) is 36.6. The summed E-state index contributed by atoms with van der Waals surface area (Å²) in [4.78, 5) is 0. The Bertz CT molecular complexity index is 441. The van der Waals surface area contributed by atoms with Crippen molar-refractivity contribution in [2.45, 2.75) is 273 Å². The topological polar surface area (TPSA) is 69.2 Å². The molecule has 0 fully saturated rings. The van der Waals surface area contributed by atoms with Gasteiger partial charge in [0.15, 0.2) is 0 Å². The first-order valence-corrected chi connectivity index (χ1v) is 22.1. The molecule has 0 amide bonds. The van der Waals surface area contributed by atoms with Crippen LogP contribution in [0.15, 0.2) is 0 Å². The van der Waals surface area contributed by atoms with E-state index in [1.807, 2.05) is 20.8 Å². The quantitative estimate of drug-likeness (QED) is 0.0503. The monoisotopic (exact) mass is 709 g/mol. The van der Waals surface area contributed by atoms with Gasteiger partial charge in [-0.25, -0.2) is 0 Å². The second-order valence-electron chi connectivity index (χ2n) is 15.5. The Balaban J connectivity index is -0.000000307. The summed E-state index contributed by atoms with van der Waals surface area (Å²) in [6.45, 7) is 19.0. The van der Waals surface area contributed by atoms with Crippen LogP contribution in [0.1, 0.15) is 255 Å². The Morgan fingerprint density at radius 1 is 0.265 bits per heavy atom. The number of hydrogen-bond acceptors (Lipinski definition) is 3. The molecule has 0 N–H and O–H groups in total. The Hall–Kier alpha value is 0.412. The van der Waals surface area contributed by atoms with E-state index in [-0.39, 0.29) is 35.7 Å². The third kappa shape index (κ3) is 44.5. The molecule has 0 spiro atoms. The molecule has 0 aromatic carbocycles. The average molecular weight is 709 g/mol. The van der Waals surface area contributed by atoms with Crippen molar-refractivity contribution in [1.29, 1.82) is 0 Å². The van der Waals surface area contributed by atoms with Crippen molar-refractivity contribution in [3.05, 3.63) is 0 Å². The molecule has 0 saturated heterocycles. The van der Waals surface area contributed by atoms with Gasteiger partial charge in [0.1, 0.15) is 0 Å². The van der Waals surface area contributed by atoms with Gasteiger partial charge in [-0.3, -0.25) is 0 Å². The van der Waals surface area contributed by atoms with Crippen LogP contribution >= 0.6 is 0 Å². The molecule has 0 aromatic rings. The van der Waals surface area contributed by atoms with E-state index in [1.165, 1.54) is 154 Å². The summed E-state index contributed by atoms with van der Waals surface area (Å²) >= 11 is 0. The van der Waals surface area contributed by atoms with Crippen molar-refractivity contribution in [3.8, 4) is 0 Å². The van der Waals surface area contributed by atoms with Crippen molar-refractivity contribution < 1.29 is 15.3 Å². The van der Waals surface area contributed by atoms with Gasteiger partial charge in [-0.15, -0.1) is 18.3 Å². The molecule has 0 bridgehead atoms. The van der Waals surface area contributed by atoms with Gasteiger partial charge in [0.25, 0.3) is 0 Å². The molecule has 0 aliphatic carbocycles. The summed E-state index contributed by atoms with van der Waals surface area (Å²) in [6, 6.07) is 0. The molecule has 0 aromatic heterocycles. The molecule has 0 radical (unpaired) electrons. The maximum atomic E-state index is 11.6. The van der Waals surface area contributed by atoms with Crippen LogP contribution < -0.4 is 15.3 Å². The van der Waals surface area contributed by atoms with Crippen LogP contribution in [0.5, 0.6) is 0 Å². The molecule has 4 heteroatoms. The number of unbranched alkanes of at least 4 members (excludes halogenated alkanes) is 18. The van der Waals surface area contributed by atoms with Gasteiger partial charge in [-0.05, 0) is 0 Å². The molecular formula is C45H93AlO3. The van der Waals surface area contributed by atoms with Crippen molar-refractivity contribution in [3.63, 3.8) is 0 Å². The minimum absolute atomic E-state index is 0. The Morgan fingerprint density at radius 3 is 0.510 bits per heavy atom. The average Bonchev–Trinajstić information content (AvgIpc) is 3.06. The number of hydrogen-bond donors (Lipinski definition) is 0. The van der Waals surface area contributed by atoms with Crippen LogP contribution in [-0.2, 0) is 0 Å². The molecule has 49 heavy (non-hydrogen) atoms. The fourth-order valence-corrected chi connectivity index (χ4v) is 6.84. The Morgan fingerprint density at radius 2 is 0.408 bits per heavy atom. The predicted octanol–water partition coefficient (Wildman–Crippen LogP) is 12.5. The molecule has 3 nitrogen and oxygen atoms in total. The zero-order valence-electron chi connectivity index (χ0n) is 35.5. The van der Waals surface area contributed by atoms with Gasteiger partial charge in [-0.2, -0.15) is 0 Å². The summed E-state index contributed by atoms with van der Waals surface area (Å²) in [5, 5.41) is 34.7. The first kappa shape index (κ1) is 56.2. The Labute approximate surface area is 322 Å². The molecule has 294 valence electrons. The van der Waals surface area contributed by atoms with E-state index in [1.54, 1.807) is 0 Å². The van der Waals surface area contributed by atoms with Crippen LogP contribution in [0, 0.1) is 17.8 Å². The van der Waals surface area contributed by atoms with Gasteiger partial charge in [0.2, 0.25) is 0 Å². The van der Waals surface area contributed by atoms with Crippen molar-refractivity contribution in [1.82, 2.24) is 0 Å². The molecule has 0 aliphatic heterocycles. The fraction of sp³-hybridized carbons (Fsp3) is 1.00. The maximum absolute atomic E-state index is 11.6. The SMILES string of the molecule is CCCCCCC(CCCCCC)C(C)[O-].CCCCCCC(CCCCCC)C(C)[O-].CCCCCCC(CCCCCC)C(C)[O-].[Al+3]. The third-order valence-corrected chi connectivity index (χ3v) is 10.6. The smallest absolute Gasteiger partial charge is 0.852 e. The third-order valence-electron chi connectivity index (χ3n) is 10.6. The van der Waals surface area contributed by atoms with E-state index in [0.29, 0.717) is 17.8 Å². The molecule has 0 rings (SSSR count). The second-order valence-corrected chi connectivity index (χ2v) is 15.5. The molecule has 0 heterocycles. The second kappa shape index (κ2) is 46.4. The maximum Gasteiger partial charge on any atom is 3.00 e. The van der Waals surface area contributed by atoms with Crippen molar-refractivity contribution in [2.24, 2.45) is 17.8 Å². The van der Waals surface area contributed by atoms with E-state index >= 15 is 0 Å². The molecule has 3 atom stereocenters. The van der Waals surface area contributed by atoms with Gasteiger partial charge in [0.05, 0.1) is 0 Å². The van der Waals surface area contributed by atoms with Gasteiger partial charge < -0.3 is 15.3 Å². The van der Waals surface area contributed by atoms with E-state index in [0.717, 1.165) is 38.5 Å². The number of rotatable bonds is 33. The summed E-state index contributed by atoms with van der Waals surface area (Å²) in [5.41, 5.74) is 0. The first-order valence-electron chi connectivity index (χ1n) is 22.1. The normalized spacial score (nSPS) is 13.0. The fourth-order valence-electron chi connectivity index (χ4n) is 6.84. The van der Waals surface area contributed by atoms with E-state index in [4.69, 9.17) is 0 Å². The van der Waals surface area contributed by atoms with Crippen LogP contribution in [0.25, 0.3) is 0 Å². The van der Waals surface area contributed by atoms with Crippen molar-refractivity contribution in [2.75, 3.05) is 0 Å². The van der Waals surface area contributed by atoms with Gasteiger partial charge in [-0.1, -0.05) is 273 Å². The van der Waals surface area contributed by atoms with Crippen LogP contribution in [-0.4, -0.2) is 35.7 Å². The molecule has 0 saturated carbocycles. The van der Waals surface area contributed by atoms with E-state index in [9.17, 15) is 15.3 Å².